The number of hydrogen-bond acceptors (Lipinski definition) is 5. The zero-order valence-corrected chi connectivity index (χ0v) is 18.6. The lowest BCUT2D eigenvalue weighted by Gasteiger charge is -2.21. The molecule has 1 aliphatic heterocycles. The lowest BCUT2D eigenvalue weighted by molar-refractivity contribution is 0.0677. The Bertz CT molecular complexity index is 1110. The average Bonchev–Trinajstić information content (AvgIpc) is 3.39. The van der Waals surface area contributed by atoms with Gasteiger partial charge >= 0.3 is 5.91 Å². The summed E-state index contributed by atoms with van der Waals surface area (Å²) in [4.78, 5) is 13.2. The molecule has 0 bridgehead atoms. The topological polar surface area (TPSA) is 64.3 Å². The number of furan rings is 1. The van der Waals surface area contributed by atoms with Crippen molar-refractivity contribution in [3.05, 3.63) is 81.2 Å². The van der Waals surface area contributed by atoms with E-state index < -0.39 is 0 Å². The van der Waals surface area contributed by atoms with Crippen LogP contribution < -0.4 is 9.47 Å². The Labute approximate surface area is 187 Å². The number of rotatable bonds is 5. The van der Waals surface area contributed by atoms with Crippen LogP contribution in [-0.2, 0) is 0 Å². The molecule has 1 aromatic heterocycles. The molecule has 0 spiro atoms. The standard InChI is InChI=1S/C22H18BrClN2O4/c1-28-16-9-14(10-17(11-16)29-2)18-12-19(13-4-3-5-15(24)8-13)26(25-18)22(27)20-6-7-21(23)30-20/h3-11,19H,12H2,1-2H3. The van der Waals surface area contributed by atoms with Gasteiger partial charge in [0.05, 0.1) is 26.0 Å². The van der Waals surface area contributed by atoms with Gasteiger partial charge < -0.3 is 13.9 Å². The van der Waals surface area contributed by atoms with Crippen LogP contribution in [0.25, 0.3) is 0 Å². The fraction of sp³-hybridized carbons (Fsp3) is 0.182. The first-order chi connectivity index (χ1) is 14.5. The molecule has 154 valence electrons. The summed E-state index contributed by atoms with van der Waals surface area (Å²) in [6.07, 6.45) is 0.504. The Balaban J connectivity index is 1.76. The van der Waals surface area contributed by atoms with Crippen LogP contribution in [0.15, 0.2) is 68.8 Å². The van der Waals surface area contributed by atoms with E-state index in [-0.39, 0.29) is 17.7 Å². The zero-order valence-electron chi connectivity index (χ0n) is 16.3. The number of halogens is 2. The van der Waals surface area contributed by atoms with Crippen LogP contribution in [0.1, 0.15) is 34.1 Å². The van der Waals surface area contributed by atoms with Crippen molar-refractivity contribution in [1.29, 1.82) is 0 Å². The molecule has 6 nitrogen and oxygen atoms in total. The number of ether oxygens (including phenoxy) is 2. The maximum Gasteiger partial charge on any atom is 0.310 e. The quantitative estimate of drug-likeness (QED) is 0.461. The summed E-state index contributed by atoms with van der Waals surface area (Å²) in [5.41, 5.74) is 2.43. The highest BCUT2D eigenvalue weighted by Gasteiger charge is 2.35. The van der Waals surface area contributed by atoms with Gasteiger partial charge in [0.15, 0.2) is 10.4 Å². The van der Waals surface area contributed by atoms with Gasteiger partial charge in [0.1, 0.15) is 11.5 Å². The summed E-state index contributed by atoms with van der Waals surface area (Å²) >= 11 is 9.45. The van der Waals surface area contributed by atoms with E-state index in [0.29, 0.717) is 27.6 Å². The number of methoxy groups -OCH3 is 2. The maximum absolute atomic E-state index is 13.2. The molecule has 0 fully saturated rings. The Morgan fingerprint density at radius 2 is 1.87 bits per heavy atom. The number of hydrogen-bond donors (Lipinski definition) is 0. The summed E-state index contributed by atoms with van der Waals surface area (Å²) < 4.78 is 16.7. The number of carbonyl (C=O) groups is 1. The van der Waals surface area contributed by atoms with Crippen molar-refractivity contribution >= 4 is 39.1 Å². The molecule has 4 rings (SSSR count). The molecule has 8 heteroatoms. The summed E-state index contributed by atoms with van der Waals surface area (Å²) in [5, 5.41) is 6.69. The number of carbonyl (C=O) groups excluding carboxylic acids is 1. The van der Waals surface area contributed by atoms with Crippen LogP contribution in [0.3, 0.4) is 0 Å². The predicted octanol–water partition coefficient (Wildman–Crippen LogP) is 5.70. The van der Waals surface area contributed by atoms with Crippen LogP contribution in [-0.4, -0.2) is 30.8 Å². The van der Waals surface area contributed by atoms with Gasteiger partial charge in [-0.15, -0.1) is 0 Å². The van der Waals surface area contributed by atoms with Gasteiger partial charge in [-0.1, -0.05) is 23.7 Å². The third-order valence-corrected chi connectivity index (χ3v) is 5.48. The van der Waals surface area contributed by atoms with E-state index >= 15 is 0 Å². The summed E-state index contributed by atoms with van der Waals surface area (Å²) in [7, 11) is 3.18. The van der Waals surface area contributed by atoms with Gasteiger partial charge in [-0.05, 0) is 57.9 Å². The van der Waals surface area contributed by atoms with Gasteiger partial charge in [0.25, 0.3) is 0 Å². The van der Waals surface area contributed by atoms with E-state index in [4.69, 9.17) is 25.5 Å². The molecular weight excluding hydrogens is 472 g/mol. The number of nitrogens with zero attached hydrogens (tertiary/aromatic N) is 2. The van der Waals surface area contributed by atoms with Gasteiger partial charge in [-0.2, -0.15) is 5.10 Å². The summed E-state index contributed by atoms with van der Waals surface area (Å²) in [6.45, 7) is 0. The third kappa shape index (κ3) is 4.08. The Morgan fingerprint density at radius 1 is 1.13 bits per heavy atom. The molecule has 1 amide bonds. The third-order valence-electron chi connectivity index (χ3n) is 4.82. The predicted molar refractivity (Wildman–Crippen MR) is 117 cm³/mol. The molecule has 0 N–H and O–H groups in total. The van der Waals surface area contributed by atoms with Crippen molar-refractivity contribution in [3.63, 3.8) is 0 Å². The van der Waals surface area contributed by atoms with Gasteiger partial charge in [-0.25, -0.2) is 5.01 Å². The minimum atomic E-state index is -0.337. The normalized spacial score (nSPS) is 15.8. The monoisotopic (exact) mass is 488 g/mol. The van der Waals surface area contributed by atoms with Gasteiger partial charge in [-0.3, -0.25) is 4.79 Å². The van der Waals surface area contributed by atoms with Crippen LogP contribution in [0.5, 0.6) is 11.5 Å². The van der Waals surface area contributed by atoms with Crippen LogP contribution >= 0.6 is 27.5 Å². The second kappa shape index (κ2) is 8.53. The van der Waals surface area contributed by atoms with E-state index in [1.807, 2.05) is 30.3 Å². The van der Waals surface area contributed by atoms with Crippen molar-refractivity contribution in [2.24, 2.45) is 5.10 Å². The SMILES string of the molecule is COc1cc(OC)cc(C2=NN(C(=O)c3ccc(Br)o3)C(c3cccc(Cl)c3)C2)c1. The molecular formula is C22H18BrClN2O4. The molecule has 0 radical (unpaired) electrons. The molecule has 0 saturated heterocycles. The number of amides is 1. The van der Waals surface area contributed by atoms with E-state index in [1.54, 1.807) is 38.5 Å². The lowest BCUT2D eigenvalue weighted by atomic mass is 9.98. The average molecular weight is 490 g/mol. The summed E-state index contributed by atoms with van der Waals surface area (Å²) in [5.74, 6) is 1.15. The minimum absolute atomic E-state index is 0.196. The molecule has 1 aliphatic rings. The maximum atomic E-state index is 13.2. The minimum Gasteiger partial charge on any atom is -0.497 e. The molecule has 1 unspecified atom stereocenters. The van der Waals surface area contributed by atoms with Crippen molar-refractivity contribution < 1.29 is 18.7 Å². The Hall–Kier alpha value is -2.77. The molecule has 0 saturated carbocycles. The highest BCUT2D eigenvalue weighted by molar-refractivity contribution is 9.10. The van der Waals surface area contributed by atoms with Crippen molar-refractivity contribution in [3.8, 4) is 11.5 Å². The van der Waals surface area contributed by atoms with Crippen molar-refractivity contribution in [2.45, 2.75) is 12.5 Å². The van der Waals surface area contributed by atoms with Crippen molar-refractivity contribution in [1.82, 2.24) is 5.01 Å². The lowest BCUT2D eigenvalue weighted by Crippen LogP contribution is -2.26. The van der Waals surface area contributed by atoms with Crippen molar-refractivity contribution in [2.75, 3.05) is 14.2 Å². The highest BCUT2D eigenvalue weighted by atomic mass is 79.9. The first-order valence-electron chi connectivity index (χ1n) is 9.14. The second-order valence-corrected chi connectivity index (χ2v) is 7.89. The fourth-order valence-electron chi connectivity index (χ4n) is 3.36. The van der Waals surface area contributed by atoms with Gasteiger partial charge in [0.2, 0.25) is 0 Å². The van der Waals surface area contributed by atoms with E-state index in [0.717, 1.165) is 16.8 Å². The molecule has 1 atom stereocenters. The summed E-state index contributed by atoms with van der Waals surface area (Å²) in [6, 6.07) is 15.9. The van der Waals surface area contributed by atoms with E-state index in [1.165, 1.54) is 5.01 Å². The first kappa shape index (κ1) is 20.5. The number of hydrazone groups is 1. The number of benzene rings is 2. The van der Waals surface area contributed by atoms with Crippen LogP contribution in [0, 0.1) is 0 Å². The molecule has 30 heavy (non-hydrogen) atoms. The van der Waals surface area contributed by atoms with Crippen LogP contribution in [0.2, 0.25) is 5.02 Å². The second-order valence-electron chi connectivity index (χ2n) is 6.68. The van der Waals surface area contributed by atoms with Gasteiger partial charge in [0, 0.05) is 23.1 Å². The largest absolute Gasteiger partial charge is 0.497 e. The smallest absolute Gasteiger partial charge is 0.310 e. The van der Waals surface area contributed by atoms with Crippen LogP contribution in [0.4, 0.5) is 0 Å². The van der Waals surface area contributed by atoms with E-state index in [9.17, 15) is 4.79 Å². The highest BCUT2D eigenvalue weighted by Crippen LogP contribution is 2.36. The molecule has 2 heterocycles. The molecule has 0 aliphatic carbocycles. The molecule has 2 aromatic carbocycles. The van der Waals surface area contributed by atoms with E-state index in [2.05, 4.69) is 21.0 Å². The molecule has 3 aromatic rings. The zero-order chi connectivity index (χ0) is 21.3. The Morgan fingerprint density at radius 3 is 2.47 bits per heavy atom. The first-order valence-corrected chi connectivity index (χ1v) is 10.3. The Kier molecular flexibility index (Phi) is 5.83. The fourth-order valence-corrected chi connectivity index (χ4v) is 3.87.